The maximum Gasteiger partial charge on any atom is 0.251 e. The SMILES string of the molecule is CC1(CNC(=O)c2cccc3c2CCCN3)CCCS1.Cl. The van der Waals surface area contributed by atoms with Crippen LogP contribution in [0.1, 0.15) is 42.1 Å². The van der Waals surface area contributed by atoms with E-state index in [4.69, 9.17) is 0 Å². The van der Waals surface area contributed by atoms with Crippen molar-refractivity contribution in [1.29, 1.82) is 0 Å². The number of anilines is 1. The molecular formula is C16H23ClN2OS. The Hall–Kier alpha value is -0.870. The second-order valence-corrected chi connectivity index (χ2v) is 7.63. The van der Waals surface area contributed by atoms with Gasteiger partial charge in [0.1, 0.15) is 0 Å². The van der Waals surface area contributed by atoms with Gasteiger partial charge in [-0.2, -0.15) is 11.8 Å². The first-order chi connectivity index (χ1) is 9.68. The van der Waals surface area contributed by atoms with E-state index in [1.807, 2.05) is 23.9 Å². The highest BCUT2D eigenvalue weighted by molar-refractivity contribution is 8.00. The minimum atomic E-state index is 0. The second kappa shape index (κ2) is 6.93. The number of halogens is 1. The molecule has 1 amide bonds. The Morgan fingerprint density at radius 3 is 3.05 bits per heavy atom. The van der Waals surface area contributed by atoms with Crippen molar-refractivity contribution in [2.24, 2.45) is 0 Å². The Kier molecular flexibility index (Phi) is 5.44. The van der Waals surface area contributed by atoms with Crippen molar-refractivity contribution in [3.8, 4) is 0 Å². The Bertz CT molecular complexity index is 515. The van der Waals surface area contributed by atoms with E-state index in [9.17, 15) is 4.79 Å². The van der Waals surface area contributed by atoms with Crippen molar-refractivity contribution in [2.45, 2.75) is 37.4 Å². The van der Waals surface area contributed by atoms with Gasteiger partial charge < -0.3 is 10.6 Å². The molecule has 3 nitrogen and oxygen atoms in total. The molecule has 2 N–H and O–H groups in total. The van der Waals surface area contributed by atoms with Gasteiger partial charge in [-0.05, 0) is 56.1 Å². The van der Waals surface area contributed by atoms with Crippen LogP contribution in [0.25, 0.3) is 0 Å². The third-order valence-electron chi connectivity index (χ3n) is 4.26. The Labute approximate surface area is 137 Å². The quantitative estimate of drug-likeness (QED) is 0.893. The van der Waals surface area contributed by atoms with Gasteiger partial charge in [-0.25, -0.2) is 0 Å². The summed E-state index contributed by atoms with van der Waals surface area (Å²) in [6.45, 7) is 4.04. The fourth-order valence-corrected chi connectivity index (χ4v) is 4.31. The topological polar surface area (TPSA) is 41.1 Å². The summed E-state index contributed by atoms with van der Waals surface area (Å²) in [6.07, 6.45) is 4.57. The van der Waals surface area contributed by atoms with E-state index in [-0.39, 0.29) is 23.1 Å². The number of rotatable bonds is 3. The molecule has 1 atom stereocenters. The average molecular weight is 327 g/mol. The van der Waals surface area contributed by atoms with Crippen molar-refractivity contribution in [3.63, 3.8) is 0 Å². The van der Waals surface area contributed by atoms with E-state index >= 15 is 0 Å². The third-order valence-corrected chi connectivity index (χ3v) is 5.80. The molecule has 2 aliphatic rings. The number of fused-ring (bicyclic) bond motifs is 1. The summed E-state index contributed by atoms with van der Waals surface area (Å²) in [5.74, 6) is 1.30. The molecule has 1 saturated heterocycles. The Morgan fingerprint density at radius 2 is 2.29 bits per heavy atom. The van der Waals surface area contributed by atoms with Gasteiger partial charge in [-0.1, -0.05) is 6.07 Å². The molecule has 1 aromatic carbocycles. The molecule has 1 fully saturated rings. The van der Waals surface area contributed by atoms with Crippen molar-refractivity contribution >= 4 is 35.8 Å². The zero-order valence-corrected chi connectivity index (χ0v) is 14.0. The van der Waals surface area contributed by atoms with Crippen molar-refractivity contribution in [1.82, 2.24) is 5.32 Å². The molecule has 0 saturated carbocycles. The summed E-state index contributed by atoms with van der Waals surface area (Å²) in [4.78, 5) is 12.5. The molecule has 1 unspecified atom stereocenters. The van der Waals surface area contributed by atoms with Crippen LogP contribution in [0, 0.1) is 0 Å². The van der Waals surface area contributed by atoms with E-state index < -0.39 is 0 Å². The molecule has 0 spiro atoms. The zero-order valence-electron chi connectivity index (χ0n) is 12.4. The van der Waals surface area contributed by atoms with Gasteiger partial charge in [0.2, 0.25) is 0 Å². The Balaban J connectivity index is 0.00000161. The first-order valence-electron chi connectivity index (χ1n) is 7.46. The van der Waals surface area contributed by atoms with Crippen LogP contribution < -0.4 is 10.6 Å². The number of carbonyl (C=O) groups is 1. The number of amides is 1. The molecule has 0 aromatic heterocycles. The highest BCUT2D eigenvalue weighted by atomic mass is 35.5. The molecule has 0 bridgehead atoms. The molecule has 1 aromatic rings. The van der Waals surface area contributed by atoms with Gasteiger partial charge in [0, 0.05) is 29.1 Å². The van der Waals surface area contributed by atoms with Crippen LogP contribution in [0.2, 0.25) is 0 Å². The minimum Gasteiger partial charge on any atom is -0.385 e. The van der Waals surface area contributed by atoms with E-state index in [0.717, 1.165) is 37.2 Å². The number of nitrogens with one attached hydrogen (secondary N) is 2. The Morgan fingerprint density at radius 1 is 1.43 bits per heavy atom. The number of hydrogen-bond acceptors (Lipinski definition) is 3. The highest BCUT2D eigenvalue weighted by Gasteiger charge is 2.30. The zero-order chi connectivity index (χ0) is 14.0. The maximum absolute atomic E-state index is 12.5. The van der Waals surface area contributed by atoms with E-state index in [0.29, 0.717) is 0 Å². The van der Waals surface area contributed by atoms with Gasteiger partial charge in [0.05, 0.1) is 0 Å². The van der Waals surface area contributed by atoms with Gasteiger partial charge in [0.15, 0.2) is 0 Å². The first-order valence-corrected chi connectivity index (χ1v) is 8.44. The largest absolute Gasteiger partial charge is 0.385 e. The van der Waals surface area contributed by atoms with E-state index in [1.54, 1.807) is 0 Å². The van der Waals surface area contributed by atoms with Crippen LogP contribution in [-0.2, 0) is 6.42 Å². The van der Waals surface area contributed by atoms with Crippen LogP contribution in [0.5, 0.6) is 0 Å². The lowest BCUT2D eigenvalue weighted by Crippen LogP contribution is -2.37. The number of thioether (sulfide) groups is 1. The van der Waals surface area contributed by atoms with Crippen LogP contribution in [0.15, 0.2) is 18.2 Å². The van der Waals surface area contributed by atoms with Crippen molar-refractivity contribution in [2.75, 3.05) is 24.2 Å². The molecule has 0 aliphatic carbocycles. The van der Waals surface area contributed by atoms with Crippen LogP contribution in [-0.4, -0.2) is 29.5 Å². The summed E-state index contributed by atoms with van der Waals surface area (Å²) in [6, 6.07) is 5.99. The standard InChI is InChI=1S/C16H22N2OS.ClH/c1-16(8-4-10-20-16)11-18-15(19)13-5-2-7-14-12(13)6-3-9-17-14;/h2,5,7,17H,3-4,6,8-11H2,1H3,(H,18,19);1H. The molecule has 3 rings (SSSR count). The third kappa shape index (κ3) is 3.67. The van der Waals surface area contributed by atoms with Gasteiger partial charge in [-0.3, -0.25) is 4.79 Å². The molecule has 21 heavy (non-hydrogen) atoms. The minimum absolute atomic E-state index is 0. The van der Waals surface area contributed by atoms with Crippen LogP contribution in [0.4, 0.5) is 5.69 Å². The lowest BCUT2D eigenvalue weighted by atomic mass is 9.97. The van der Waals surface area contributed by atoms with Crippen molar-refractivity contribution in [3.05, 3.63) is 29.3 Å². The maximum atomic E-state index is 12.5. The van der Waals surface area contributed by atoms with Gasteiger partial charge in [-0.15, -0.1) is 12.4 Å². The van der Waals surface area contributed by atoms with Gasteiger partial charge in [0.25, 0.3) is 5.91 Å². The first kappa shape index (κ1) is 16.5. The van der Waals surface area contributed by atoms with E-state index in [1.165, 1.54) is 24.2 Å². The van der Waals surface area contributed by atoms with E-state index in [2.05, 4.69) is 23.6 Å². The lowest BCUT2D eigenvalue weighted by Gasteiger charge is -2.24. The number of benzene rings is 1. The normalized spacial score (nSPS) is 23.7. The number of hydrogen-bond donors (Lipinski definition) is 2. The fraction of sp³-hybridized carbons (Fsp3) is 0.562. The molecular weight excluding hydrogens is 304 g/mol. The summed E-state index contributed by atoms with van der Waals surface area (Å²) in [5.41, 5.74) is 3.16. The lowest BCUT2D eigenvalue weighted by molar-refractivity contribution is 0.0949. The number of carbonyl (C=O) groups excluding carboxylic acids is 1. The van der Waals surface area contributed by atoms with Crippen LogP contribution >= 0.6 is 24.2 Å². The molecule has 2 aliphatic heterocycles. The van der Waals surface area contributed by atoms with Crippen molar-refractivity contribution < 1.29 is 4.79 Å². The average Bonchev–Trinajstić information content (AvgIpc) is 2.91. The summed E-state index contributed by atoms with van der Waals surface area (Å²) >= 11 is 1.98. The van der Waals surface area contributed by atoms with Crippen LogP contribution in [0.3, 0.4) is 0 Å². The monoisotopic (exact) mass is 326 g/mol. The fourth-order valence-electron chi connectivity index (χ4n) is 3.06. The predicted octanol–water partition coefficient (Wildman–Crippen LogP) is 3.48. The summed E-state index contributed by atoms with van der Waals surface area (Å²) in [7, 11) is 0. The summed E-state index contributed by atoms with van der Waals surface area (Å²) in [5, 5.41) is 6.52. The smallest absolute Gasteiger partial charge is 0.251 e. The molecule has 5 heteroatoms. The second-order valence-electron chi connectivity index (χ2n) is 5.95. The molecule has 2 heterocycles. The highest BCUT2D eigenvalue weighted by Crippen LogP contribution is 2.37. The van der Waals surface area contributed by atoms with Gasteiger partial charge >= 0.3 is 0 Å². The molecule has 116 valence electrons. The predicted molar refractivity (Wildman–Crippen MR) is 92.9 cm³/mol. The molecule has 0 radical (unpaired) electrons. The summed E-state index contributed by atoms with van der Waals surface area (Å²) < 4.78 is 0.225.